The molecule has 1 aromatic carbocycles. The molecule has 2 aromatic heterocycles. The zero-order valence-corrected chi connectivity index (χ0v) is 17.4. The minimum absolute atomic E-state index is 0.153. The highest BCUT2D eigenvalue weighted by atomic mass is 16.5. The smallest absolute Gasteiger partial charge is 0.357 e. The SMILES string of the molecule is CCOC(=O)c1cc(C(C)C)n2nc(COC)c(-c3c(C)cccc3C)c2n1. The highest BCUT2D eigenvalue weighted by Gasteiger charge is 2.24. The van der Waals surface area contributed by atoms with Crippen molar-refractivity contribution in [3.8, 4) is 11.1 Å². The number of hydrogen-bond acceptors (Lipinski definition) is 5. The van der Waals surface area contributed by atoms with Crippen LogP contribution in [0.15, 0.2) is 24.3 Å². The van der Waals surface area contributed by atoms with Gasteiger partial charge in [0.25, 0.3) is 0 Å². The maximum Gasteiger partial charge on any atom is 0.357 e. The van der Waals surface area contributed by atoms with E-state index in [0.717, 1.165) is 33.6 Å². The van der Waals surface area contributed by atoms with Gasteiger partial charge < -0.3 is 9.47 Å². The Bertz CT molecular complexity index is 1000. The molecule has 6 nitrogen and oxygen atoms in total. The van der Waals surface area contributed by atoms with E-state index in [1.54, 1.807) is 20.1 Å². The van der Waals surface area contributed by atoms with Crippen LogP contribution < -0.4 is 0 Å². The summed E-state index contributed by atoms with van der Waals surface area (Å²) in [5.74, 6) is -0.270. The van der Waals surface area contributed by atoms with Crippen LogP contribution in [0, 0.1) is 13.8 Å². The first kappa shape index (κ1) is 20.0. The molecule has 148 valence electrons. The standard InChI is InChI=1S/C22H27N3O3/c1-7-28-22(26)16-11-18(13(2)3)25-21(23-16)20(17(24-25)12-27-6)19-14(4)9-8-10-15(19)5/h8-11,13H,7,12H2,1-6H3. The number of aromatic nitrogens is 3. The normalized spacial score (nSPS) is 11.4. The summed E-state index contributed by atoms with van der Waals surface area (Å²) in [4.78, 5) is 17.1. The van der Waals surface area contributed by atoms with Crippen LogP contribution in [-0.2, 0) is 16.1 Å². The lowest BCUT2D eigenvalue weighted by molar-refractivity contribution is 0.0519. The zero-order chi connectivity index (χ0) is 20.4. The Labute approximate surface area is 165 Å². The van der Waals surface area contributed by atoms with Gasteiger partial charge in [-0.15, -0.1) is 0 Å². The van der Waals surface area contributed by atoms with Crippen LogP contribution in [0.3, 0.4) is 0 Å². The third-order valence-corrected chi connectivity index (χ3v) is 4.78. The second-order valence-corrected chi connectivity index (χ2v) is 7.20. The number of carbonyl (C=O) groups excluding carboxylic acids is 1. The first-order valence-electron chi connectivity index (χ1n) is 9.54. The van der Waals surface area contributed by atoms with Crippen molar-refractivity contribution in [3.05, 3.63) is 52.5 Å². The monoisotopic (exact) mass is 381 g/mol. The molecule has 3 aromatic rings. The van der Waals surface area contributed by atoms with Crippen molar-refractivity contribution in [3.63, 3.8) is 0 Å². The Balaban J connectivity index is 2.41. The van der Waals surface area contributed by atoms with E-state index in [2.05, 4.69) is 44.8 Å². The van der Waals surface area contributed by atoms with Crippen molar-refractivity contribution in [2.24, 2.45) is 0 Å². The van der Waals surface area contributed by atoms with Crippen LogP contribution in [0.4, 0.5) is 0 Å². The number of carbonyl (C=O) groups is 1. The van der Waals surface area contributed by atoms with E-state index in [1.165, 1.54) is 0 Å². The average molecular weight is 381 g/mol. The van der Waals surface area contributed by atoms with E-state index < -0.39 is 5.97 Å². The van der Waals surface area contributed by atoms with E-state index in [4.69, 9.17) is 14.6 Å². The molecule has 0 saturated heterocycles. The second-order valence-electron chi connectivity index (χ2n) is 7.20. The molecule has 0 atom stereocenters. The summed E-state index contributed by atoms with van der Waals surface area (Å²) in [6.07, 6.45) is 0. The molecule has 2 heterocycles. The number of fused-ring (bicyclic) bond motifs is 1. The average Bonchev–Trinajstić information content (AvgIpc) is 2.99. The Morgan fingerprint density at radius 2 is 1.86 bits per heavy atom. The number of rotatable bonds is 6. The molecule has 3 rings (SSSR count). The van der Waals surface area contributed by atoms with Crippen molar-refractivity contribution >= 4 is 11.6 Å². The van der Waals surface area contributed by atoms with E-state index >= 15 is 0 Å². The fourth-order valence-electron chi connectivity index (χ4n) is 3.51. The molecule has 0 amide bonds. The van der Waals surface area contributed by atoms with Gasteiger partial charge in [-0.05, 0) is 49.4 Å². The molecule has 28 heavy (non-hydrogen) atoms. The molecule has 0 aliphatic heterocycles. The molecule has 0 aliphatic carbocycles. The third-order valence-electron chi connectivity index (χ3n) is 4.78. The Morgan fingerprint density at radius 1 is 1.18 bits per heavy atom. The van der Waals surface area contributed by atoms with E-state index in [9.17, 15) is 4.79 Å². The molecular weight excluding hydrogens is 354 g/mol. The topological polar surface area (TPSA) is 65.7 Å². The summed E-state index contributed by atoms with van der Waals surface area (Å²) >= 11 is 0. The maximum absolute atomic E-state index is 12.4. The molecular formula is C22H27N3O3. The highest BCUT2D eigenvalue weighted by Crippen LogP contribution is 2.34. The minimum Gasteiger partial charge on any atom is -0.461 e. The summed E-state index contributed by atoms with van der Waals surface area (Å²) in [6.45, 7) is 10.7. The van der Waals surface area contributed by atoms with Crippen LogP contribution in [-0.4, -0.2) is 34.3 Å². The fraction of sp³-hybridized carbons (Fsp3) is 0.409. The van der Waals surface area contributed by atoms with Gasteiger partial charge in [0.2, 0.25) is 0 Å². The second kappa shape index (κ2) is 8.10. The lowest BCUT2D eigenvalue weighted by Crippen LogP contribution is -2.12. The van der Waals surface area contributed by atoms with Crippen LogP contribution in [0.1, 0.15) is 59.7 Å². The molecule has 0 saturated carbocycles. The number of nitrogens with zero attached hydrogens (tertiary/aromatic N) is 3. The number of hydrogen-bond donors (Lipinski definition) is 0. The first-order valence-corrected chi connectivity index (χ1v) is 9.54. The van der Waals surface area contributed by atoms with Gasteiger partial charge >= 0.3 is 5.97 Å². The van der Waals surface area contributed by atoms with Gasteiger partial charge in [0.1, 0.15) is 0 Å². The lowest BCUT2D eigenvalue weighted by atomic mass is 9.95. The summed E-state index contributed by atoms with van der Waals surface area (Å²) < 4.78 is 12.5. The van der Waals surface area contributed by atoms with Gasteiger partial charge in [0.15, 0.2) is 11.3 Å². The Morgan fingerprint density at radius 3 is 2.43 bits per heavy atom. The minimum atomic E-state index is -0.422. The van der Waals surface area contributed by atoms with Gasteiger partial charge in [-0.3, -0.25) is 0 Å². The molecule has 0 fully saturated rings. The van der Waals surface area contributed by atoms with E-state index in [1.807, 2.05) is 10.6 Å². The summed E-state index contributed by atoms with van der Waals surface area (Å²) in [6, 6.07) is 7.95. The summed E-state index contributed by atoms with van der Waals surface area (Å²) in [7, 11) is 1.65. The van der Waals surface area contributed by atoms with Gasteiger partial charge in [0.05, 0.1) is 24.5 Å². The van der Waals surface area contributed by atoms with Crippen molar-refractivity contribution in [1.29, 1.82) is 0 Å². The summed E-state index contributed by atoms with van der Waals surface area (Å²) in [5.41, 5.74) is 6.90. The number of esters is 1. The Kier molecular flexibility index (Phi) is 5.79. The van der Waals surface area contributed by atoms with Crippen LogP contribution in [0.5, 0.6) is 0 Å². The lowest BCUT2D eigenvalue weighted by Gasteiger charge is -2.12. The predicted molar refractivity (Wildman–Crippen MR) is 109 cm³/mol. The number of methoxy groups -OCH3 is 1. The molecule has 0 N–H and O–H groups in total. The Hall–Kier alpha value is -2.73. The van der Waals surface area contributed by atoms with Crippen molar-refractivity contribution in [2.75, 3.05) is 13.7 Å². The zero-order valence-electron chi connectivity index (χ0n) is 17.4. The predicted octanol–water partition coefficient (Wildman–Crippen LogP) is 4.46. The quantitative estimate of drug-likeness (QED) is 0.590. The van der Waals surface area contributed by atoms with E-state index in [-0.39, 0.29) is 5.92 Å². The third kappa shape index (κ3) is 3.52. The number of benzene rings is 1. The fourth-order valence-corrected chi connectivity index (χ4v) is 3.51. The van der Waals surface area contributed by atoms with Gasteiger partial charge in [-0.2, -0.15) is 5.10 Å². The molecule has 6 heteroatoms. The molecule has 0 spiro atoms. The van der Waals surface area contributed by atoms with Crippen LogP contribution in [0.25, 0.3) is 16.8 Å². The molecule has 0 bridgehead atoms. The highest BCUT2D eigenvalue weighted by molar-refractivity contribution is 5.90. The van der Waals surface area contributed by atoms with Crippen molar-refractivity contribution < 1.29 is 14.3 Å². The van der Waals surface area contributed by atoms with Crippen LogP contribution >= 0.6 is 0 Å². The first-order chi connectivity index (χ1) is 13.4. The van der Waals surface area contributed by atoms with Gasteiger partial charge in [-0.1, -0.05) is 32.0 Å². The molecule has 0 radical (unpaired) electrons. The number of aryl methyl sites for hydroxylation is 2. The van der Waals surface area contributed by atoms with Crippen molar-refractivity contribution in [2.45, 2.75) is 47.1 Å². The maximum atomic E-state index is 12.4. The van der Waals surface area contributed by atoms with Gasteiger partial charge in [-0.25, -0.2) is 14.3 Å². The number of ether oxygens (including phenoxy) is 2. The summed E-state index contributed by atoms with van der Waals surface area (Å²) in [5, 5.41) is 4.81. The van der Waals surface area contributed by atoms with E-state index in [0.29, 0.717) is 24.6 Å². The van der Waals surface area contributed by atoms with Crippen LogP contribution in [0.2, 0.25) is 0 Å². The van der Waals surface area contributed by atoms with Gasteiger partial charge in [0, 0.05) is 12.8 Å². The largest absolute Gasteiger partial charge is 0.461 e. The molecule has 0 aliphatic rings. The van der Waals surface area contributed by atoms with Crippen molar-refractivity contribution in [1.82, 2.24) is 14.6 Å². The molecule has 0 unspecified atom stereocenters.